The highest BCUT2D eigenvalue weighted by atomic mass is 16.4. The molecule has 1 atom stereocenters. The second kappa shape index (κ2) is 5.42. The van der Waals surface area contributed by atoms with Gasteiger partial charge in [0.2, 0.25) is 5.91 Å². The van der Waals surface area contributed by atoms with Gasteiger partial charge in [0, 0.05) is 0 Å². The highest BCUT2D eigenvalue weighted by Gasteiger charge is 2.33. The zero-order valence-corrected chi connectivity index (χ0v) is 8.67. The molecule has 0 bridgehead atoms. The number of hydrogen-bond donors (Lipinski definition) is 2. The molecular weight excluding hydrogens is 182 g/mol. The van der Waals surface area contributed by atoms with Crippen molar-refractivity contribution in [2.24, 2.45) is 0 Å². The van der Waals surface area contributed by atoms with E-state index in [2.05, 4.69) is 11.9 Å². The van der Waals surface area contributed by atoms with Crippen LogP contribution in [-0.2, 0) is 9.59 Å². The molecule has 0 heterocycles. The van der Waals surface area contributed by atoms with Crippen molar-refractivity contribution >= 4 is 11.9 Å². The van der Waals surface area contributed by atoms with Crippen LogP contribution in [0, 0.1) is 0 Å². The molecule has 1 amide bonds. The van der Waals surface area contributed by atoms with Crippen LogP contribution in [0.2, 0.25) is 0 Å². The Morgan fingerprint density at radius 1 is 1.57 bits per heavy atom. The van der Waals surface area contributed by atoms with E-state index in [1.807, 2.05) is 6.92 Å². The molecule has 0 radical (unpaired) electrons. The van der Waals surface area contributed by atoms with Crippen molar-refractivity contribution in [2.45, 2.75) is 38.6 Å². The highest BCUT2D eigenvalue weighted by Crippen LogP contribution is 2.14. The molecule has 0 aromatic carbocycles. The van der Waals surface area contributed by atoms with Crippen LogP contribution in [0.25, 0.3) is 0 Å². The zero-order chi connectivity index (χ0) is 11.2. The number of carbonyl (C=O) groups excluding carboxylic acids is 1. The smallest absolute Gasteiger partial charge is 0.329 e. The first-order valence-electron chi connectivity index (χ1n) is 4.64. The summed E-state index contributed by atoms with van der Waals surface area (Å²) >= 11 is 0. The summed E-state index contributed by atoms with van der Waals surface area (Å²) in [7, 11) is 0. The molecule has 14 heavy (non-hydrogen) atoms. The molecule has 0 aliphatic heterocycles. The van der Waals surface area contributed by atoms with Crippen LogP contribution < -0.4 is 5.32 Å². The number of unbranched alkanes of at least 4 members (excludes halogenated alkanes) is 1. The molecule has 0 saturated heterocycles. The number of carboxylic acid groups (broad SMARTS) is 1. The predicted molar refractivity (Wildman–Crippen MR) is 53.9 cm³/mol. The van der Waals surface area contributed by atoms with Crippen LogP contribution in [0.3, 0.4) is 0 Å². The van der Waals surface area contributed by atoms with Crippen LogP contribution >= 0.6 is 0 Å². The summed E-state index contributed by atoms with van der Waals surface area (Å²) in [4.78, 5) is 21.9. The molecule has 4 heteroatoms. The molecule has 0 aromatic rings. The largest absolute Gasteiger partial charge is 0.480 e. The maximum Gasteiger partial charge on any atom is 0.329 e. The summed E-state index contributed by atoms with van der Waals surface area (Å²) in [6.07, 6.45) is 3.17. The third-order valence-electron chi connectivity index (χ3n) is 2.09. The zero-order valence-electron chi connectivity index (χ0n) is 8.67. The number of carbonyl (C=O) groups is 2. The van der Waals surface area contributed by atoms with Crippen molar-refractivity contribution in [3.63, 3.8) is 0 Å². The Morgan fingerprint density at radius 2 is 2.14 bits per heavy atom. The number of aliphatic carboxylic acids is 1. The lowest BCUT2D eigenvalue weighted by Gasteiger charge is -2.25. The maximum absolute atomic E-state index is 11.0. The Labute approximate surface area is 84.0 Å². The molecule has 0 aromatic heterocycles. The van der Waals surface area contributed by atoms with Crippen molar-refractivity contribution in [3.8, 4) is 0 Å². The van der Waals surface area contributed by atoms with Gasteiger partial charge < -0.3 is 10.4 Å². The SMILES string of the molecule is C=CC(=O)NC(C)(CCCC)C(=O)O. The lowest BCUT2D eigenvalue weighted by atomic mass is 9.95. The van der Waals surface area contributed by atoms with Gasteiger partial charge in [0.25, 0.3) is 0 Å². The van der Waals surface area contributed by atoms with Gasteiger partial charge in [0.05, 0.1) is 0 Å². The van der Waals surface area contributed by atoms with Crippen molar-refractivity contribution in [1.82, 2.24) is 5.32 Å². The fourth-order valence-electron chi connectivity index (χ4n) is 1.08. The molecule has 80 valence electrons. The third-order valence-corrected chi connectivity index (χ3v) is 2.09. The monoisotopic (exact) mass is 199 g/mol. The summed E-state index contributed by atoms with van der Waals surface area (Å²) in [5, 5.41) is 11.4. The Balaban J connectivity index is 4.46. The van der Waals surface area contributed by atoms with Gasteiger partial charge in [-0.2, -0.15) is 0 Å². The van der Waals surface area contributed by atoms with Crippen LogP contribution in [0.15, 0.2) is 12.7 Å². The van der Waals surface area contributed by atoms with Crippen molar-refractivity contribution in [3.05, 3.63) is 12.7 Å². The molecular formula is C10H17NO3. The van der Waals surface area contributed by atoms with Gasteiger partial charge in [-0.05, 0) is 19.4 Å². The Kier molecular flexibility index (Phi) is 4.91. The average molecular weight is 199 g/mol. The first-order valence-corrected chi connectivity index (χ1v) is 4.64. The Morgan fingerprint density at radius 3 is 2.50 bits per heavy atom. The van der Waals surface area contributed by atoms with Gasteiger partial charge in [-0.3, -0.25) is 4.79 Å². The molecule has 0 fully saturated rings. The highest BCUT2D eigenvalue weighted by molar-refractivity contribution is 5.92. The summed E-state index contributed by atoms with van der Waals surface area (Å²) in [5.41, 5.74) is -1.18. The van der Waals surface area contributed by atoms with E-state index >= 15 is 0 Å². The van der Waals surface area contributed by atoms with E-state index < -0.39 is 17.4 Å². The Hall–Kier alpha value is -1.32. The summed E-state index contributed by atoms with van der Waals surface area (Å²) < 4.78 is 0. The summed E-state index contributed by atoms with van der Waals surface area (Å²) in [6, 6.07) is 0. The van der Waals surface area contributed by atoms with E-state index in [1.165, 1.54) is 6.92 Å². The van der Waals surface area contributed by atoms with Crippen LogP contribution in [-0.4, -0.2) is 22.5 Å². The normalized spacial score (nSPS) is 14.1. The van der Waals surface area contributed by atoms with Gasteiger partial charge in [-0.15, -0.1) is 0 Å². The van der Waals surface area contributed by atoms with E-state index in [0.717, 1.165) is 18.9 Å². The van der Waals surface area contributed by atoms with Gasteiger partial charge in [0.15, 0.2) is 0 Å². The molecule has 0 saturated carbocycles. The molecule has 0 aliphatic carbocycles. The van der Waals surface area contributed by atoms with Crippen LogP contribution in [0.1, 0.15) is 33.1 Å². The minimum Gasteiger partial charge on any atom is -0.480 e. The average Bonchev–Trinajstić information content (AvgIpc) is 2.14. The lowest BCUT2D eigenvalue weighted by Crippen LogP contribution is -2.51. The lowest BCUT2D eigenvalue weighted by molar-refractivity contribution is -0.146. The van der Waals surface area contributed by atoms with Crippen molar-refractivity contribution in [1.29, 1.82) is 0 Å². The fourth-order valence-corrected chi connectivity index (χ4v) is 1.08. The number of nitrogens with one attached hydrogen (secondary N) is 1. The fraction of sp³-hybridized carbons (Fsp3) is 0.600. The molecule has 0 spiro atoms. The van der Waals surface area contributed by atoms with E-state index in [1.54, 1.807) is 0 Å². The quantitative estimate of drug-likeness (QED) is 0.634. The molecule has 2 N–H and O–H groups in total. The number of rotatable bonds is 6. The van der Waals surface area contributed by atoms with Crippen LogP contribution in [0.5, 0.6) is 0 Å². The standard InChI is InChI=1S/C10H17NO3/c1-4-6-7-10(3,9(13)14)11-8(12)5-2/h5H,2,4,6-7H2,1,3H3,(H,11,12)(H,13,14). The second-order valence-electron chi connectivity index (χ2n) is 3.43. The number of carboxylic acids is 1. The molecule has 0 aliphatic rings. The van der Waals surface area contributed by atoms with Crippen molar-refractivity contribution < 1.29 is 14.7 Å². The molecule has 0 rings (SSSR count). The van der Waals surface area contributed by atoms with Gasteiger partial charge in [0.1, 0.15) is 5.54 Å². The number of amides is 1. The second-order valence-corrected chi connectivity index (χ2v) is 3.43. The Bertz CT molecular complexity index is 238. The maximum atomic E-state index is 11.0. The molecule has 4 nitrogen and oxygen atoms in total. The molecule has 1 unspecified atom stereocenters. The first-order chi connectivity index (χ1) is 6.46. The minimum absolute atomic E-state index is 0.429. The minimum atomic E-state index is -1.18. The number of hydrogen-bond acceptors (Lipinski definition) is 2. The summed E-state index contributed by atoms with van der Waals surface area (Å²) in [5.74, 6) is -1.47. The predicted octanol–water partition coefficient (Wildman–Crippen LogP) is 1.32. The van der Waals surface area contributed by atoms with Gasteiger partial charge in [-0.1, -0.05) is 26.3 Å². The third kappa shape index (κ3) is 3.60. The van der Waals surface area contributed by atoms with E-state index in [4.69, 9.17) is 5.11 Å². The van der Waals surface area contributed by atoms with E-state index in [0.29, 0.717) is 6.42 Å². The van der Waals surface area contributed by atoms with Crippen molar-refractivity contribution in [2.75, 3.05) is 0 Å². The van der Waals surface area contributed by atoms with Crippen LogP contribution in [0.4, 0.5) is 0 Å². The van der Waals surface area contributed by atoms with Gasteiger partial charge >= 0.3 is 5.97 Å². The first kappa shape index (κ1) is 12.7. The topological polar surface area (TPSA) is 66.4 Å². The van der Waals surface area contributed by atoms with Gasteiger partial charge in [-0.25, -0.2) is 4.79 Å². The van der Waals surface area contributed by atoms with E-state index in [9.17, 15) is 9.59 Å². The van der Waals surface area contributed by atoms with E-state index in [-0.39, 0.29) is 0 Å². The summed E-state index contributed by atoms with van der Waals surface area (Å²) in [6.45, 7) is 6.76.